The van der Waals surface area contributed by atoms with Crippen molar-refractivity contribution in [2.75, 3.05) is 44.3 Å². The van der Waals surface area contributed by atoms with Gasteiger partial charge in [-0.1, -0.05) is 0 Å². The van der Waals surface area contributed by atoms with Gasteiger partial charge in [0.05, 0.1) is 41.9 Å². The van der Waals surface area contributed by atoms with Gasteiger partial charge in [0, 0.05) is 48.3 Å². The molecule has 3 atom stereocenters. The van der Waals surface area contributed by atoms with Gasteiger partial charge < -0.3 is 15.0 Å². The Hall–Kier alpha value is -1.72. The van der Waals surface area contributed by atoms with Crippen LogP contribution in [-0.4, -0.2) is 86.2 Å². The average Bonchev–Trinajstić information content (AvgIpc) is 3.15. The lowest BCUT2D eigenvalue weighted by atomic mass is 10.0. The number of aromatic nitrogens is 2. The number of rotatable bonds is 6. The highest BCUT2D eigenvalue weighted by Gasteiger charge is 2.42. The number of piperazine rings is 1. The van der Waals surface area contributed by atoms with Crippen molar-refractivity contribution in [3.8, 4) is 0 Å². The second-order valence-corrected chi connectivity index (χ2v) is 12.7. The van der Waals surface area contributed by atoms with Crippen LogP contribution in [0.4, 0.5) is 5.69 Å². The summed E-state index contributed by atoms with van der Waals surface area (Å²) in [6, 6.07) is 5.13. The third-order valence-electron chi connectivity index (χ3n) is 8.11. The number of nitrogens with zero attached hydrogens (tertiary/aromatic N) is 4. The van der Waals surface area contributed by atoms with Crippen molar-refractivity contribution < 1.29 is 13.2 Å². The number of nitrogens with one attached hydrogen (secondary N) is 2. The number of sulfonamides is 1. The van der Waals surface area contributed by atoms with E-state index in [2.05, 4.69) is 33.7 Å². The van der Waals surface area contributed by atoms with Crippen molar-refractivity contribution in [3.05, 3.63) is 18.3 Å². The van der Waals surface area contributed by atoms with Gasteiger partial charge in [-0.25, -0.2) is 13.1 Å². The molecule has 6 rings (SSSR count). The molecule has 186 valence electrons. The van der Waals surface area contributed by atoms with E-state index in [0.717, 1.165) is 75.2 Å². The van der Waals surface area contributed by atoms with Crippen LogP contribution in [-0.2, 0) is 14.8 Å². The van der Waals surface area contributed by atoms with Crippen LogP contribution in [0.15, 0.2) is 23.2 Å². The highest BCUT2D eigenvalue weighted by atomic mass is 32.2. The Morgan fingerprint density at radius 2 is 1.88 bits per heavy atom. The van der Waals surface area contributed by atoms with E-state index in [1.54, 1.807) is 0 Å². The number of hydrogen-bond acceptors (Lipinski definition) is 7. The first-order valence-electron chi connectivity index (χ1n) is 12.6. The van der Waals surface area contributed by atoms with Gasteiger partial charge in [-0.2, -0.15) is 5.10 Å². The number of anilines is 1. The van der Waals surface area contributed by atoms with Crippen molar-refractivity contribution in [2.24, 2.45) is 0 Å². The summed E-state index contributed by atoms with van der Waals surface area (Å²) in [5, 5.41) is 9.19. The lowest BCUT2D eigenvalue weighted by Crippen LogP contribution is -2.64. The molecule has 34 heavy (non-hydrogen) atoms. The number of ether oxygens (including phenoxy) is 1. The molecule has 3 aliphatic heterocycles. The van der Waals surface area contributed by atoms with Crippen LogP contribution in [0, 0.1) is 0 Å². The second-order valence-electron chi connectivity index (χ2n) is 11.0. The van der Waals surface area contributed by atoms with Crippen LogP contribution in [0.2, 0.25) is 0 Å². The molecule has 1 saturated carbocycles. The average molecular weight is 489 g/mol. The standard InChI is InChI=1S/C24H36N6O3S/c1-16-12-28(13-17(2)29(16)19-14-33-15-19)22-8-20(34(31,32)27-24(3)5-6-24)9-23-21(22)11-26-30(23)18-4-7-25-10-18/h8-9,11,16-19,25,27H,4-7,10,12-15H2,1-3H3/t16-,17+,18?. The van der Waals surface area contributed by atoms with Crippen molar-refractivity contribution in [3.63, 3.8) is 0 Å². The van der Waals surface area contributed by atoms with Crippen molar-refractivity contribution in [1.82, 2.24) is 24.7 Å². The summed E-state index contributed by atoms with van der Waals surface area (Å²) in [5.41, 5.74) is 1.56. The molecule has 0 spiro atoms. The smallest absolute Gasteiger partial charge is 0.241 e. The summed E-state index contributed by atoms with van der Waals surface area (Å²) < 4.78 is 37.3. The topological polar surface area (TPSA) is 91.7 Å². The summed E-state index contributed by atoms with van der Waals surface area (Å²) in [6.07, 6.45) is 4.69. The maximum absolute atomic E-state index is 13.4. The third-order valence-corrected chi connectivity index (χ3v) is 9.73. The zero-order valence-corrected chi connectivity index (χ0v) is 21.1. The summed E-state index contributed by atoms with van der Waals surface area (Å²) in [5.74, 6) is 0. The molecular weight excluding hydrogens is 452 g/mol. The zero-order valence-electron chi connectivity index (χ0n) is 20.3. The molecule has 10 heteroatoms. The van der Waals surface area contributed by atoms with Crippen molar-refractivity contribution >= 4 is 26.6 Å². The molecular formula is C24H36N6O3S. The van der Waals surface area contributed by atoms with Gasteiger partial charge in [-0.15, -0.1) is 0 Å². The van der Waals surface area contributed by atoms with Crippen LogP contribution in [0.3, 0.4) is 0 Å². The Morgan fingerprint density at radius 3 is 2.47 bits per heavy atom. The number of hydrogen-bond donors (Lipinski definition) is 2. The number of fused-ring (bicyclic) bond motifs is 1. The van der Waals surface area contributed by atoms with Gasteiger partial charge in [0.25, 0.3) is 0 Å². The summed E-state index contributed by atoms with van der Waals surface area (Å²) in [7, 11) is -3.63. The van der Waals surface area contributed by atoms with Gasteiger partial charge in [0.15, 0.2) is 0 Å². The van der Waals surface area contributed by atoms with Crippen LogP contribution in [0.25, 0.3) is 10.9 Å². The van der Waals surface area contributed by atoms with Gasteiger partial charge in [0.1, 0.15) is 0 Å². The molecule has 4 aliphatic rings. The molecule has 4 fully saturated rings. The van der Waals surface area contributed by atoms with Gasteiger partial charge in [-0.05, 0) is 58.7 Å². The van der Waals surface area contributed by atoms with Gasteiger partial charge >= 0.3 is 0 Å². The molecule has 9 nitrogen and oxygen atoms in total. The minimum Gasteiger partial charge on any atom is -0.378 e. The maximum Gasteiger partial charge on any atom is 0.241 e. The molecule has 2 N–H and O–H groups in total. The quantitative estimate of drug-likeness (QED) is 0.640. The number of benzene rings is 1. The molecule has 1 unspecified atom stereocenters. The lowest BCUT2D eigenvalue weighted by molar-refractivity contribution is -0.0940. The SMILES string of the molecule is C[C@@H]1CN(c2cc(S(=O)(=O)NC3(C)CC3)cc3c2cnn3C2CCNC2)C[C@H](C)N1C1COC1. The fourth-order valence-corrected chi connectivity index (χ4v) is 7.48. The minimum absolute atomic E-state index is 0.241. The summed E-state index contributed by atoms with van der Waals surface area (Å²) in [4.78, 5) is 5.27. The van der Waals surface area contributed by atoms with E-state index in [1.807, 2.05) is 29.9 Å². The molecule has 4 heterocycles. The largest absolute Gasteiger partial charge is 0.378 e. The Morgan fingerprint density at radius 1 is 1.15 bits per heavy atom. The van der Waals surface area contributed by atoms with E-state index in [1.165, 1.54) is 0 Å². The molecule has 0 radical (unpaired) electrons. The van der Waals surface area contributed by atoms with E-state index >= 15 is 0 Å². The molecule has 3 saturated heterocycles. The van der Waals surface area contributed by atoms with Crippen LogP contribution in [0.1, 0.15) is 46.1 Å². The van der Waals surface area contributed by atoms with E-state index in [4.69, 9.17) is 9.84 Å². The van der Waals surface area contributed by atoms with E-state index in [0.29, 0.717) is 23.0 Å². The second kappa shape index (κ2) is 8.16. The Balaban J connectivity index is 1.41. The lowest BCUT2D eigenvalue weighted by Gasteiger charge is -2.51. The molecule has 1 aromatic heterocycles. The normalized spacial score (nSPS) is 30.1. The first-order chi connectivity index (χ1) is 16.2. The third kappa shape index (κ3) is 3.93. The van der Waals surface area contributed by atoms with Crippen LogP contribution in [0.5, 0.6) is 0 Å². The molecule has 0 amide bonds. The van der Waals surface area contributed by atoms with Gasteiger partial charge in [-0.3, -0.25) is 9.58 Å². The van der Waals surface area contributed by atoms with E-state index < -0.39 is 10.0 Å². The van der Waals surface area contributed by atoms with Gasteiger partial charge in [0.2, 0.25) is 10.0 Å². The van der Waals surface area contributed by atoms with E-state index in [9.17, 15) is 8.42 Å². The predicted molar refractivity (Wildman–Crippen MR) is 132 cm³/mol. The van der Waals surface area contributed by atoms with E-state index in [-0.39, 0.29) is 11.6 Å². The van der Waals surface area contributed by atoms with Crippen LogP contribution < -0.4 is 14.9 Å². The highest BCUT2D eigenvalue weighted by Crippen LogP contribution is 2.39. The fourth-order valence-electron chi connectivity index (χ4n) is 5.98. The zero-order chi connectivity index (χ0) is 23.7. The Bertz CT molecular complexity index is 1170. The minimum atomic E-state index is -3.63. The Labute approximate surface area is 201 Å². The maximum atomic E-state index is 13.4. The Kier molecular flexibility index (Phi) is 5.46. The first kappa shape index (κ1) is 22.7. The monoisotopic (exact) mass is 488 g/mol. The molecule has 2 aromatic rings. The summed E-state index contributed by atoms with van der Waals surface area (Å²) in [6.45, 7) is 11.6. The van der Waals surface area contributed by atoms with Crippen molar-refractivity contribution in [1.29, 1.82) is 0 Å². The first-order valence-corrected chi connectivity index (χ1v) is 14.1. The summed E-state index contributed by atoms with van der Waals surface area (Å²) >= 11 is 0. The molecule has 1 aliphatic carbocycles. The van der Waals surface area contributed by atoms with Crippen LogP contribution >= 0.6 is 0 Å². The van der Waals surface area contributed by atoms with Crippen molar-refractivity contribution in [2.45, 2.75) is 74.6 Å². The fraction of sp³-hybridized carbons (Fsp3) is 0.708. The predicted octanol–water partition coefficient (Wildman–Crippen LogP) is 1.70. The highest BCUT2D eigenvalue weighted by molar-refractivity contribution is 7.89. The molecule has 1 aromatic carbocycles. The molecule has 0 bridgehead atoms.